The van der Waals surface area contributed by atoms with E-state index >= 15 is 0 Å². The maximum Gasteiger partial charge on any atom is 0.358 e. The highest BCUT2D eigenvalue weighted by Crippen LogP contribution is 2.34. The Morgan fingerprint density at radius 1 is 1.22 bits per heavy atom. The molecule has 0 radical (unpaired) electrons. The molecule has 2 aromatic rings. The van der Waals surface area contributed by atoms with Crippen molar-refractivity contribution in [3.63, 3.8) is 0 Å². The van der Waals surface area contributed by atoms with Crippen LogP contribution in [0, 0.1) is 5.41 Å². The lowest BCUT2D eigenvalue weighted by atomic mass is 9.96. The fourth-order valence-corrected chi connectivity index (χ4v) is 2.68. The third kappa shape index (κ3) is 3.31. The Morgan fingerprint density at radius 3 is 2.22 bits per heavy atom. The van der Waals surface area contributed by atoms with Gasteiger partial charge in [-0.05, 0) is 17.5 Å². The van der Waals surface area contributed by atoms with E-state index in [1.165, 1.54) is 23.8 Å². The van der Waals surface area contributed by atoms with Gasteiger partial charge in [0.25, 0.3) is 5.56 Å². The van der Waals surface area contributed by atoms with Crippen molar-refractivity contribution in [3.05, 3.63) is 38.2 Å². The molecule has 23 heavy (non-hydrogen) atoms. The van der Waals surface area contributed by atoms with Crippen molar-refractivity contribution in [3.8, 4) is 5.75 Å². The van der Waals surface area contributed by atoms with Crippen LogP contribution in [-0.4, -0.2) is 22.8 Å². The SMILES string of the molecule is COC(=O)c1c(O)c2cc(Cl)c(Cl)cc2c(=O)n1CC(C)(C)C. The van der Waals surface area contributed by atoms with Gasteiger partial charge in [0.15, 0.2) is 11.4 Å². The number of ether oxygens (including phenoxy) is 1. The van der Waals surface area contributed by atoms with E-state index in [2.05, 4.69) is 0 Å². The van der Waals surface area contributed by atoms with E-state index in [1.54, 1.807) is 0 Å². The first-order valence-electron chi connectivity index (χ1n) is 6.89. The topological polar surface area (TPSA) is 68.5 Å². The highest BCUT2D eigenvalue weighted by molar-refractivity contribution is 6.42. The molecule has 0 amide bonds. The summed E-state index contributed by atoms with van der Waals surface area (Å²) >= 11 is 11.9. The molecular weight excluding hydrogens is 341 g/mol. The van der Waals surface area contributed by atoms with E-state index in [0.717, 1.165) is 0 Å². The van der Waals surface area contributed by atoms with Gasteiger partial charge in [-0.2, -0.15) is 0 Å². The van der Waals surface area contributed by atoms with Crippen molar-refractivity contribution in [1.82, 2.24) is 4.57 Å². The Kier molecular flexibility index (Phi) is 4.64. The van der Waals surface area contributed by atoms with Crippen molar-refractivity contribution >= 4 is 39.9 Å². The number of hydrogen-bond donors (Lipinski definition) is 1. The summed E-state index contributed by atoms with van der Waals surface area (Å²) in [7, 11) is 1.19. The maximum absolute atomic E-state index is 12.8. The first-order chi connectivity index (χ1) is 10.6. The first kappa shape index (κ1) is 17.6. The molecule has 1 aromatic carbocycles. The molecule has 0 aliphatic rings. The lowest BCUT2D eigenvalue weighted by Crippen LogP contribution is -2.31. The minimum atomic E-state index is -0.795. The van der Waals surface area contributed by atoms with Crippen LogP contribution in [0.4, 0.5) is 0 Å². The number of benzene rings is 1. The van der Waals surface area contributed by atoms with Crippen molar-refractivity contribution in [2.75, 3.05) is 7.11 Å². The van der Waals surface area contributed by atoms with E-state index in [0.29, 0.717) is 0 Å². The van der Waals surface area contributed by atoms with Gasteiger partial charge in [0.2, 0.25) is 0 Å². The zero-order valence-electron chi connectivity index (χ0n) is 13.2. The van der Waals surface area contributed by atoms with Gasteiger partial charge in [0.05, 0.1) is 22.5 Å². The van der Waals surface area contributed by atoms with E-state index in [1.807, 2.05) is 20.8 Å². The minimum Gasteiger partial charge on any atom is -0.505 e. The second-order valence-corrected chi connectivity index (χ2v) is 7.27. The summed E-state index contributed by atoms with van der Waals surface area (Å²) in [5.74, 6) is -1.15. The number of rotatable bonds is 2. The van der Waals surface area contributed by atoms with Crippen LogP contribution in [0.2, 0.25) is 10.0 Å². The van der Waals surface area contributed by atoms with E-state index in [-0.39, 0.29) is 44.2 Å². The van der Waals surface area contributed by atoms with Gasteiger partial charge in [-0.3, -0.25) is 9.36 Å². The molecule has 7 heteroatoms. The van der Waals surface area contributed by atoms with Gasteiger partial charge >= 0.3 is 5.97 Å². The van der Waals surface area contributed by atoms with Crippen LogP contribution in [-0.2, 0) is 11.3 Å². The molecule has 0 fully saturated rings. The molecule has 0 saturated carbocycles. The molecule has 0 unspecified atom stereocenters. The summed E-state index contributed by atoms with van der Waals surface area (Å²) in [6.45, 7) is 5.96. The van der Waals surface area contributed by atoms with Crippen LogP contribution in [0.5, 0.6) is 5.75 Å². The summed E-state index contributed by atoms with van der Waals surface area (Å²) in [5.41, 5.74) is -0.937. The summed E-state index contributed by atoms with van der Waals surface area (Å²) in [6, 6.07) is 2.76. The number of aromatic nitrogens is 1. The highest BCUT2D eigenvalue weighted by atomic mass is 35.5. The lowest BCUT2D eigenvalue weighted by Gasteiger charge is -2.23. The molecule has 0 aliphatic carbocycles. The highest BCUT2D eigenvalue weighted by Gasteiger charge is 2.26. The fraction of sp³-hybridized carbons (Fsp3) is 0.375. The summed E-state index contributed by atoms with van der Waals surface area (Å²) < 4.78 is 5.93. The van der Waals surface area contributed by atoms with E-state index in [4.69, 9.17) is 27.9 Å². The third-order valence-electron chi connectivity index (χ3n) is 3.30. The minimum absolute atomic E-state index is 0.162. The van der Waals surface area contributed by atoms with Crippen molar-refractivity contribution in [2.24, 2.45) is 5.41 Å². The maximum atomic E-state index is 12.8. The van der Waals surface area contributed by atoms with Crippen LogP contribution in [0.15, 0.2) is 16.9 Å². The number of halogens is 2. The number of esters is 1. The van der Waals surface area contributed by atoms with Gasteiger partial charge < -0.3 is 9.84 Å². The van der Waals surface area contributed by atoms with Gasteiger partial charge in [-0.1, -0.05) is 44.0 Å². The Balaban J connectivity index is 2.96. The number of hydrogen-bond acceptors (Lipinski definition) is 4. The molecule has 2 rings (SSSR count). The third-order valence-corrected chi connectivity index (χ3v) is 4.02. The monoisotopic (exact) mass is 357 g/mol. The molecule has 0 saturated heterocycles. The smallest absolute Gasteiger partial charge is 0.358 e. The number of fused-ring (bicyclic) bond motifs is 1. The Morgan fingerprint density at radius 2 is 1.74 bits per heavy atom. The average Bonchev–Trinajstić information content (AvgIpc) is 2.45. The van der Waals surface area contributed by atoms with Crippen LogP contribution in [0.3, 0.4) is 0 Å². The zero-order valence-corrected chi connectivity index (χ0v) is 14.7. The Bertz CT molecular complexity index is 850. The van der Waals surface area contributed by atoms with E-state index < -0.39 is 11.5 Å². The Hall–Kier alpha value is -1.72. The van der Waals surface area contributed by atoms with Gasteiger partial charge in [0.1, 0.15) is 0 Å². The molecule has 0 bridgehead atoms. The summed E-state index contributed by atoms with van der Waals surface area (Å²) in [6.07, 6.45) is 0. The molecule has 0 spiro atoms. The molecule has 124 valence electrons. The standard InChI is InChI=1S/C16H17Cl2NO4/c1-16(2,3)7-19-12(15(22)23-4)13(20)8-5-10(17)11(18)6-9(8)14(19)21/h5-6,20H,7H2,1-4H3. The van der Waals surface area contributed by atoms with Crippen molar-refractivity contribution < 1.29 is 14.6 Å². The molecular formula is C16H17Cl2NO4. The first-order valence-corrected chi connectivity index (χ1v) is 7.65. The number of pyridine rings is 1. The summed E-state index contributed by atoms with van der Waals surface area (Å²) in [4.78, 5) is 24.9. The van der Waals surface area contributed by atoms with Gasteiger partial charge in [-0.15, -0.1) is 0 Å². The molecule has 0 atom stereocenters. The van der Waals surface area contributed by atoms with Gasteiger partial charge in [0, 0.05) is 11.9 Å². The Labute approximate surface area is 143 Å². The molecule has 1 N–H and O–H groups in total. The molecule has 1 heterocycles. The predicted molar refractivity (Wildman–Crippen MR) is 90.7 cm³/mol. The molecule has 1 aromatic heterocycles. The van der Waals surface area contributed by atoms with Crippen LogP contribution in [0.25, 0.3) is 10.8 Å². The lowest BCUT2D eigenvalue weighted by molar-refractivity contribution is 0.0580. The quantitative estimate of drug-likeness (QED) is 0.828. The number of aromatic hydroxyl groups is 1. The molecule has 0 aliphatic heterocycles. The number of carbonyl (C=O) groups is 1. The average molecular weight is 358 g/mol. The van der Waals surface area contributed by atoms with Crippen LogP contribution in [0.1, 0.15) is 31.3 Å². The largest absolute Gasteiger partial charge is 0.505 e. The number of carbonyl (C=O) groups excluding carboxylic acids is 1. The van der Waals surface area contributed by atoms with Crippen LogP contribution < -0.4 is 5.56 Å². The van der Waals surface area contributed by atoms with E-state index in [9.17, 15) is 14.7 Å². The fourth-order valence-electron chi connectivity index (χ4n) is 2.35. The second kappa shape index (κ2) is 6.06. The molecule has 5 nitrogen and oxygen atoms in total. The number of methoxy groups -OCH3 is 1. The number of nitrogens with zero attached hydrogens (tertiary/aromatic N) is 1. The normalized spacial score (nSPS) is 11.7. The predicted octanol–water partition coefficient (Wildman–Crippen LogP) is 3.85. The van der Waals surface area contributed by atoms with Gasteiger partial charge in [-0.25, -0.2) is 4.79 Å². The summed E-state index contributed by atoms with van der Waals surface area (Å²) in [5, 5.41) is 11.2. The second-order valence-electron chi connectivity index (χ2n) is 6.45. The zero-order chi connectivity index (χ0) is 17.5. The van der Waals surface area contributed by atoms with Crippen molar-refractivity contribution in [1.29, 1.82) is 0 Å². The van der Waals surface area contributed by atoms with Crippen LogP contribution >= 0.6 is 23.2 Å². The van der Waals surface area contributed by atoms with Crippen molar-refractivity contribution in [2.45, 2.75) is 27.3 Å².